The Bertz CT molecular complexity index is 2580. The number of hydrogen-bond donors (Lipinski definition) is 0. The summed E-state index contributed by atoms with van der Waals surface area (Å²) in [6, 6.07) is 48.7. The van der Waals surface area contributed by atoms with Gasteiger partial charge >= 0.3 is 0 Å². The number of rotatable bonds is 4. The van der Waals surface area contributed by atoms with Crippen molar-refractivity contribution in [3.05, 3.63) is 151 Å². The van der Waals surface area contributed by atoms with Gasteiger partial charge in [-0.25, -0.2) is 19.9 Å². The molecule has 0 spiro atoms. The van der Waals surface area contributed by atoms with Gasteiger partial charge in [-0.15, -0.1) is 0 Å². The highest BCUT2D eigenvalue weighted by atomic mass is 32.1. The van der Waals surface area contributed by atoms with Crippen molar-refractivity contribution in [1.82, 2.24) is 24.3 Å². The van der Waals surface area contributed by atoms with E-state index in [4.69, 9.17) is 19.9 Å². The Labute approximate surface area is 274 Å². The van der Waals surface area contributed by atoms with Gasteiger partial charge < -0.3 is 0 Å². The molecule has 9 aromatic rings. The number of thiazole rings is 1. The fraction of sp³-hybridized carbons (Fsp3) is 0.0244. The number of aromatic nitrogens is 5. The van der Waals surface area contributed by atoms with Crippen LogP contribution in [0.25, 0.3) is 82.6 Å². The van der Waals surface area contributed by atoms with Gasteiger partial charge in [0.15, 0.2) is 22.4 Å². The van der Waals surface area contributed by atoms with E-state index in [0.29, 0.717) is 17.5 Å². The molecular weight excluding hydrogens is 595 g/mol. The van der Waals surface area contributed by atoms with Crippen molar-refractivity contribution in [2.75, 3.05) is 0 Å². The third-order valence-electron chi connectivity index (χ3n) is 9.14. The summed E-state index contributed by atoms with van der Waals surface area (Å²) in [5, 5.41) is 0. The number of benzene rings is 6. The van der Waals surface area contributed by atoms with E-state index >= 15 is 0 Å². The summed E-state index contributed by atoms with van der Waals surface area (Å²) in [5.41, 5.74) is 14.1. The highest BCUT2D eigenvalue weighted by Crippen LogP contribution is 2.45. The van der Waals surface area contributed by atoms with Crippen molar-refractivity contribution < 1.29 is 0 Å². The third kappa shape index (κ3) is 4.22. The second kappa shape index (κ2) is 10.3. The normalized spacial score (nSPS) is 12.2. The van der Waals surface area contributed by atoms with Crippen LogP contribution in [0.2, 0.25) is 0 Å². The SMILES string of the molecule is c1ccc(-c2nc(-c3ccccc3)nc(-c3ccc(-c4cccc5c4Cc4cc6sc7nc8ccccc8n7c6cc4-5)cc3)n2)cc1. The van der Waals surface area contributed by atoms with Crippen LogP contribution in [0.5, 0.6) is 0 Å². The summed E-state index contributed by atoms with van der Waals surface area (Å²) in [4.78, 5) is 20.6. The molecule has 0 N–H and O–H groups in total. The van der Waals surface area contributed by atoms with Crippen LogP contribution >= 0.6 is 11.3 Å². The third-order valence-corrected chi connectivity index (χ3v) is 10.1. The van der Waals surface area contributed by atoms with Gasteiger partial charge in [-0.3, -0.25) is 4.40 Å². The van der Waals surface area contributed by atoms with Gasteiger partial charge in [0.2, 0.25) is 0 Å². The van der Waals surface area contributed by atoms with E-state index in [2.05, 4.69) is 83.3 Å². The quantitative estimate of drug-likeness (QED) is 0.197. The Morgan fingerprint density at radius 3 is 1.77 bits per heavy atom. The van der Waals surface area contributed by atoms with E-state index in [1.54, 1.807) is 11.3 Å². The lowest BCUT2D eigenvalue weighted by molar-refractivity contribution is 1.07. The molecule has 3 aromatic heterocycles. The Morgan fingerprint density at radius 1 is 0.468 bits per heavy atom. The highest BCUT2D eigenvalue weighted by molar-refractivity contribution is 7.23. The molecule has 0 amide bonds. The first-order valence-corrected chi connectivity index (χ1v) is 16.5. The molecule has 0 radical (unpaired) electrons. The zero-order valence-corrected chi connectivity index (χ0v) is 25.9. The molecule has 1 aliphatic rings. The average molecular weight is 620 g/mol. The fourth-order valence-electron chi connectivity index (χ4n) is 6.89. The van der Waals surface area contributed by atoms with Crippen LogP contribution in [0, 0.1) is 0 Å². The first-order valence-electron chi connectivity index (χ1n) is 15.7. The summed E-state index contributed by atoms with van der Waals surface area (Å²) in [7, 11) is 0. The summed E-state index contributed by atoms with van der Waals surface area (Å²) < 4.78 is 3.59. The second-order valence-electron chi connectivity index (χ2n) is 11.9. The Hall–Kier alpha value is -5.98. The lowest BCUT2D eigenvalue weighted by atomic mass is 9.95. The zero-order valence-electron chi connectivity index (χ0n) is 25.1. The molecule has 0 saturated heterocycles. The van der Waals surface area contributed by atoms with E-state index in [9.17, 15) is 0 Å². The maximum atomic E-state index is 4.92. The van der Waals surface area contributed by atoms with Crippen molar-refractivity contribution in [2.24, 2.45) is 0 Å². The average Bonchev–Trinajstić information content (AvgIpc) is 3.80. The predicted molar refractivity (Wildman–Crippen MR) is 191 cm³/mol. The van der Waals surface area contributed by atoms with Crippen LogP contribution in [0.1, 0.15) is 11.1 Å². The number of para-hydroxylation sites is 2. The summed E-state index contributed by atoms with van der Waals surface area (Å²) in [6.45, 7) is 0. The topological polar surface area (TPSA) is 56.0 Å². The van der Waals surface area contributed by atoms with Gasteiger partial charge in [-0.2, -0.15) is 0 Å². The molecule has 0 aliphatic heterocycles. The molecule has 3 heterocycles. The van der Waals surface area contributed by atoms with Crippen molar-refractivity contribution >= 4 is 37.5 Å². The number of hydrogen-bond acceptors (Lipinski definition) is 5. The molecule has 10 rings (SSSR count). The van der Waals surface area contributed by atoms with Crippen molar-refractivity contribution in [3.8, 4) is 56.4 Å². The largest absolute Gasteiger partial charge is 0.283 e. The predicted octanol–water partition coefficient (Wildman–Crippen LogP) is 10.1. The number of fused-ring (bicyclic) bond motifs is 8. The van der Waals surface area contributed by atoms with Crippen LogP contribution in [0.15, 0.2) is 140 Å². The van der Waals surface area contributed by atoms with Crippen LogP contribution in [-0.2, 0) is 6.42 Å². The van der Waals surface area contributed by atoms with E-state index in [1.807, 2.05) is 60.7 Å². The number of nitrogens with zero attached hydrogens (tertiary/aromatic N) is 5. The molecule has 1 aliphatic carbocycles. The molecule has 0 saturated carbocycles. The van der Waals surface area contributed by atoms with Crippen molar-refractivity contribution in [2.45, 2.75) is 6.42 Å². The Morgan fingerprint density at radius 2 is 1.06 bits per heavy atom. The van der Waals surface area contributed by atoms with Gasteiger partial charge in [0.05, 0.1) is 21.3 Å². The summed E-state index contributed by atoms with van der Waals surface area (Å²) >= 11 is 1.77. The Kier molecular flexibility index (Phi) is 5.74. The van der Waals surface area contributed by atoms with Gasteiger partial charge in [-0.1, -0.05) is 127 Å². The maximum absolute atomic E-state index is 4.92. The second-order valence-corrected chi connectivity index (χ2v) is 12.9. The maximum Gasteiger partial charge on any atom is 0.195 e. The van der Waals surface area contributed by atoms with Gasteiger partial charge in [0, 0.05) is 16.7 Å². The molecule has 0 bridgehead atoms. The van der Waals surface area contributed by atoms with E-state index < -0.39 is 0 Å². The molecule has 5 nitrogen and oxygen atoms in total. The molecule has 220 valence electrons. The molecule has 0 unspecified atom stereocenters. The summed E-state index contributed by atoms with van der Waals surface area (Å²) in [6.07, 6.45) is 0.911. The molecule has 0 fully saturated rings. The van der Waals surface area contributed by atoms with Crippen LogP contribution in [0.3, 0.4) is 0 Å². The minimum Gasteiger partial charge on any atom is -0.283 e. The van der Waals surface area contributed by atoms with Crippen LogP contribution in [-0.4, -0.2) is 24.3 Å². The summed E-state index contributed by atoms with van der Waals surface area (Å²) in [5.74, 6) is 1.99. The first kappa shape index (κ1) is 26.3. The van der Waals surface area contributed by atoms with Crippen LogP contribution < -0.4 is 0 Å². The zero-order chi connectivity index (χ0) is 30.9. The lowest BCUT2D eigenvalue weighted by Gasteiger charge is -2.11. The van der Waals surface area contributed by atoms with Gasteiger partial charge in [0.1, 0.15) is 0 Å². The fourth-order valence-corrected chi connectivity index (χ4v) is 7.98. The standard InChI is InChI=1S/C41H25N5S/c1-3-10-26(11-4-1)38-43-39(27-12-5-2-6-13-27)45-40(44-38)28-20-18-25(19-21-28)30-14-9-15-31-32-24-36-37(23-29(32)22-33(30)31)47-41-42-34-16-7-8-17-35(34)46(36)41/h1-21,23-24H,22H2. The van der Waals surface area contributed by atoms with E-state index in [1.165, 1.54) is 43.6 Å². The first-order chi connectivity index (χ1) is 23.3. The smallest absolute Gasteiger partial charge is 0.195 e. The molecule has 0 atom stereocenters. The monoisotopic (exact) mass is 619 g/mol. The number of imidazole rings is 1. The van der Waals surface area contributed by atoms with Crippen molar-refractivity contribution in [3.63, 3.8) is 0 Å². The van der Waals surface area contributed by atoms with E-state index in [-0.39, 0.29) is 0 Å². The molecule has 6 aromatic carbocycles. The molecule has 6 heteroatoms. The molecular formula is C41H25N5S. The van der Waals surface area contributed by atoms with Gasteiger partial charge in [0.25, 0.3) is 0 Å². The van der Waals surface area contributed by atoms with E-state index in [0.717, 1.165) is 39.1 Å². The lowest BCUT2D eigenvalue weighted by Crippen LogP contribution is -2.00. The van der Waals surface area contributed by atoms with Crippen LogP contribution in [0.4, 0.5) is 0 Å². The van der Waals surface area contributed by atoms with Gasteiger partial charge in [-0.05, 0) is 64.1 Å². The Balaban J connectivity index is 1.05. The minimum atomic E-state index is 0.661. The molecule has 47 heavy (non-hydrogen) atoms. The van der Waals surface area contributed by atoms with Crippen molar-refractivity contribution in [1.29, 1.82) is 0 Å². The highest BCUT2D eigenvalue weighted by Gasteiger charge is 2.24. The minimum absolute atomic E-state index is 0.661.